The Kier molecular flexibility index (Phi) is 4.69. The maximum Gasteiger partial charge on any atom is 0.232 e. The number of unbranched alkanes of at least 4 members (excludes halogenated alkanes) is 2. The van der Waals surface area contributed by atoms with E-state index in [-0.39, 0.29) is 23.8 Å². The molecule has 2 heterocycles. The number of para-hydroxylation sites is 1. The zero-order valence-corrected chi connectivity index (χ0v) is 14.1. The monoisotopic (exact) mass is 314 g/mol. The molecule has 0 spiro atoms. The van der Waals surface area contributed by atoms with Crippen LogP contribution < -0.4 is 4.90 Å². The molecule has 23 heavy (non-hydrogen) atoms. The van der Waals surface area contributed by atoms with Gasteiger partial charge in [0.2, 0.25) is 11.8 Å². The first-order chi connectivity index (χ1) is 11.1. The van der Waals surface area contributed by atoms with Crippen molar-refractivity contribution >= 4 is 17.5 Å². The molecule has 4 heteroatoms. The molecular weight excluding hydrogens is 288 g/mol. The zero-order valence-electron chi connectivity index (χ0n) is 14.1. The molecule has 1 aromatic rings. The number of hydrogen-bond acceptors (Lipinski definition) is 2. The van der Waals surface area contributed by atoms with Crippen LogP contribution in [0.3, 0.4) is 0 Å². The van der Waals surface area contributed by atoms with Crippen molar-refractivity contribution in [2.45, 2.75) is 52.0 Å². The van der Waals surface area contributed by atoms with E-state index in [0.717, 1.165) is 37.9 Å². The van der Waals surface area contributed by atoms with Gasteiger partial charge in [-0.15, -0.1) is 0 Å². The highest BCUT2D eigenvalue weighted by Crippen LogP contribution is 2.34. The molecule has 4 nitrogen and oxygen atoms in total. The predicted octanol–water partition coefficient (Wildman–Crippen LogP) is 3.00. The Morgan fingerprint density at radius 2 is 2.00 bits per heavy atom. The fourth-order valence-electron chi connectivity index (χ4n) is 3.80. The fourth-order valence-corrected chi connectivity index (χ4v) is 3.80. The number of rotatable bonds is 5. The van der Waals surface area contributed by atoms with E-state index in [1.165, 1.54) is 5.56 Å². The lowest BCUT2D eigenvalue weighted by Crippen LogP contribution is -2.41. The van der Waals surface area contributed by atoms with Gasteiger partial charge in [-0.05, 0) is 31.4 Å². The second kappa shape index (κ2) is 6.73. The Morgan fingerprint density at radius 3 is 2.78 bits per heavy atom. The van der Waals surface area contributed by atoms with Crippen molar-refractivity contribution in [1.29, 1.82) is 0 Å². The van der Waals surface area contributed by atoms with Gasteiger partial charge in [-0.3, -0.25) is 9.59 Å². The number of benzene rings is 1. The van der Waals surface area contributed by atoms with E-state index in [0.29, 0.717) is 13.0 Å². The van der Waals surface area contributed by atoms with Crippen LogP contribution in [0.1, 0.15) is 45.1 Å². The van der Waals surface area contributed by atoms with Gasteiger partial charge in [-0.2, -0.15) is 0 Å². The summed E-state index contributed by atoms with van der Waals surface area (Å²) in [6, 6.07) is 8.30. The molecule has 1 fully saturated rings. The number of nitrogens with zero attached hydrogens (tertiary/aromatic N) is 2. The lowest BCUT2D eigenvalue weighted by molar-refractivity contribution is -0.128. The van der Waals surface area contributed by atoms with Gasteiger partial charge >= 0.3 is 0 Å². The molecule has 0 saturated carbocycles. The van der Waals surface area contributed by atoms with E-state index in [2.05, 4.69) is 19.9 Å². The lowest BCUT2D eigenvalue weighted by atomic mass is 10.1. The Bertz CT molecular complexity index is 599. The number of anilines is 1. The first-order valence-corrected chi connectivity index (χ1v) is 8.80. The number of carbonyl (C=O) groups is 2. The van der Waals surface area contributed by atoms with Crippen molar-refractivity contribution in [2.75, 3.05) is 18.0 Å². The topological polar surface area (TPSA) is 40.6 Å². The molecule has 1 aromatic carbocycles. The maximum absolute atomic E-state index is 13.0. The average Bonchev–Trinajstić information content (AvgIpc) is 3.06. The van der Waals surface area contributed by atoms with Gasteiger partial charge in [0.05, 0.1) is 5.92 Å². The van der Waals surface area contributed by atoms with E-state index in [9.17, 15) is 9.59 Å². The van der Waals surface area contributed by atoms with Crippen molar-refractivity contribution in [3.63, 3.8) is 0 Å². The smallest absolute Gasteiger partial charge is 0.232 e. The molecule has 2 unspecified atom stereocenters. The molecule has 2 aliphatic heterocycles. The highest BCUT2D eigenvalue weighted by Gasteiger charge is 2.40. The van der Waals surface area contributed by atoms with Gasteiger partial charge in [-0.25, -0.2) is 0 Å². The number of carbonyl (C=O) groups excluding carboxylic acids is 2. The number of amides is 2. The summed E-state index contributed by atoms with van der Waals surface area (Å²) in [5, 5.41) is 0. The van der Waals surface area contributed by atoms with Gasteiger partial charge in [-0.1, -0.05) is 38.0 Å². The van der Waals surface area contributed by atoms with Crippen LogP contribution in [0.15, 0.2) is 24.3 Å². The molecule has 1 saturated heterocycles. The zero-order chi connectivity index (χ0) is 16.4. The maximum atomic E-state index is 13.0. The number of likely N-dealkylation sites (tertiary alicyclic amines) is 1. The van der Waals surface area contributed by atoms with Crippen LogP contribution in [0.2, 0.25) is 0 Å². The fraction of sp³-hybridized carbons (Fsp3) is 0.579. The van der Waals surface area contributed by atoms with Crippen molar-refractivity contribution < 1.29 is 9.59 Å². The van der Waals surface area contributed by atoms with Crippen LogP contribution in [-0.2, 0) is 16.0 Å². The molecule has 124 valence electrons. The third-order valence-corrected chi connectivity index (χ3v) is 5.04. The van der Waals surface area contributed by atoms with Gasteiger partial charge in [0, 0.05) is 31.2 Å². The molecular formula is C19H26N2O2. The summed E-state index contributed by atoms with van der Waals surface area (Å²) < 4.78 is 0. The molecule has 2 amide bonds. The predicted molar refractivity (Wildman–Crippen MR) is 91.3 cm³/mol. The lowest BCUT2D eigenvalue weighted by Gasteiger charge is -2.26. The van der Waals surface area contributed by atoms with Crippen molar-refractivity contribution in [2.24, 2.45) is 5.92 Å². The van der Waals surface area contributed by atoms with Gasteiger partial charge in [0.15, 0.2) is 0 Å². The molecule has 0 aliphatic carbocycles. The molecule has 2 aliphatic rings. The Morgan fingerprint density at radius 1 is 1.22 bits per heavy atom. The standard InChI is InChI=1S/C19H26N2O2/c1-3-4-7-10-20-13-16(12-18(20)22)19(23)21-14(2)11-15-8-5-6-9-17(15)21/h5-6,8-9,14,16H,3-4,7,10-13H2,1-2H3. The summed E-state index contributed by atoms with van der Waals surface area (Å²) >= 11 is 0. The van der Waals surface area contributed by atoms with Crippen LogP contribution in [0, 0.1) is 5.92 Å². The van der Waals surface area contributed by atoms with Crippen LogP contribution in [0.5, 0.6) is 0 Å². The van der Waals surface area contributed by atoms with E-state index in [1.54, 1.807) is 0 Å². The average molecular weight is 314 g/mol. The minimum atomic E-state index is -0.183. The highest BCUT2D eigenvalue weighted by molar-refractivity contribution is 6.01. The molecule has 0 bridgehead atoms. The van der Waals surface area contributed by atoms with Gasteiger partial charge < -0.3 is 9.80 Å². The summed E-state index contributed by atoms with van der Waals surface area (Å²) in [6.07, 6.45) is 4.59. The summed E-state index contributed by atoms with van der Waals surface area (Å²) in [5.74, 6) is 0.0751. The van der Waals surface area contributed by atoms with Crippen molar-refractivity contribution in [1.82, 2.24) is 4.90 Å². The van der Waals surface area contributed by atoms with Gasteiger partial charge in [0.1, 0.15) is 0 Å². The van der Waals surface area contributed by atoms with Crippen LogP contribution in [-0.4, -0.2) is 35.8 Å². The minimum absolute atomic E-state index is 0.119. The summed E-state index contributed by atoms with van der Waals surface area (Å²) in [4.78, 5) is 29.0. The highest BCUT2D eigenvalue weighted by atomic mass is 16.2. The quantitative estimate of drug-likeness (QED) is 0.784. The van der Waals surface area contributed by atoms with Crippen molar-refractivity contribution in [3.05, 3.63) is 29.8 Å². The molecule has 2 atom stereocenters. The SMILES string of the molecule is CCCCCN1CC(C(=O)N2c3ccccc3CC2C)CC1=O. The number of fused-ring (bicyclic) bond motifs is 1. The van der Waals surface area contributed by atoms with Crippen LogP contribution >= 0.6 is 0 Å². The van der Waals surface area contributed by atoms with E-state index < -0.39 is 0 Å². The summed E-state index contributed by atoms with van der Waals surface area (Å²) in [7, 11) is 0. The molecule has 0 N–H and O–H groups in total. The Balaban J connectivity index is 1.68. The molecule has 0 radical (unpaired) electrons. The molecule has 3 rings (SSSR count). The summed E-state index contributed by atoms with van der Waals surface area (Å²) in [6.45, 7) is 5.63. The normalized spacial score (nSPS) is 23.5. The Labute approximate surface area is 138 Å². The van der Waals surface area contributed by atoms with Crippen molar-refractivity contribution in [3.8, 4) is 0 Å². The minimum Gasteiger partial charge on any atom is -0.342 e. The van der Waals surface area contributed by atoms with E-state index >= 15 is 0 Å². The first kappa shape index (κ1) is 16.0. The molecule has 0 aromatic heterocycles. The van der Waals surface area contributed by atoms with Crippen LogP contribution in [0.4, 0.5) is 5.69 Å². The summed E-state index contributed by atoms with van der Waals surface area (Å²) in [5.41, 5.74) is 2.26. The Hall–Kier alpha value is -1.84. The second-order valence-electron chi connectivity index (χ2n) is 6.84. The van der Waals surface area contributed by atoms with E-state index in [4.69, 9.17) is 0 Å². The van der Waals surface area contributed by atoms with E-state index in [1.807, 2.05) is 28.0 Å². The first-order valence-electron chi connectivity index (χ1n) is 8.80. The third kappa shape index (κ3) is 3.12. The third-order valence-electron chi connectivity index (χ3n) is 5.04. The number of hydrogen-bond donors (Lipinski definition) is 0. The second-order valence-corrected chi connectivity index (χ2v) is 6.84. The van der Waals surface area contributed by atoms with Gasteiger partial charge in [0.25, 0.3) is 0 Å². The van der Waals surface area contributed by atoms with Crippen LogP contribution in [0.25, 0.3) is 0 Å². The largest absolute Gasteiger partial charge is 0.342 e.